The molecule has 0 unspecified atom stereocenters. The average Bonchev–Trinajstić information content (AvgIpc) is 2.81. The van der Waals surface area contributed by atoms with E-state index in [0.29, 0.717) is 6.04 Å². The molecule has 1 aliphatic carbocycles. The molecule has 0 spiro atoms. The number of guanidine groups is 1. The molecule has 2 N–H and O–H groups in total. The van der Waals surface area contributed by atoms with Crippen molar-refractivity contribution in [3.05, 3.63) is 12.2 Å². The number of hydrogen-bond donors (Lipinski definition) is 2. The minimum atomic E-state index is 0. The van der Waals surface area contributed by atoms with E-state index in [0.717, 1.165) is 31.3 Å². The Morgan fingerprint density at radius 2 is 1.88 bits per heavy atom. The van der Waals surface area contributed by atoms with Crippen LogP contribution in [0.25, 0.3) is 0 Å². The molecule has 0 heterocycles. The Labute approximate surface area is 123 Å². The van der Waals surface area contributed by atoms with Gasteiger partial charge in [0.15, 0.2) is 5.96 Å². The number of nitrogens with zero attached hydrogens (tertiary/aromatic N) is 1. The van der Waals surface area contributed by atoms with Crippen LogP contribution in [0.1, 0.15) is 39.5 Å². The van der Waals surface area contributed by atoms with Crippen molar-refractivity contribution in [3.63, 3.8) is 0 Å². The Bertz CT molecular complexity index is 239. The maximum atomic E-state index is 4.26. The first kappa shape index (κ1) is 16.7. The van der Waals surface area contributed by atoms with Crippen molar-refractivity contribution in [3.8, 4) is 0 Å². The fraction of sp³-hybridized carbons (Fsp3) is 0.769. The van der Waals surface area contributed by atoms with Gasteiger partial charge in [-0.25, -0.2) is 0 Å². The number of nitrogens with one attached hydrogen (secondary N) is 2. The average molecular weight is 351 g/mol. The number of halogens is 1. The lowest BCUT2D eigenvalue weighted by molar-refractivity contribution is 0.478. The molecule has 0 aromatic carbocycles. The Morgan fingerprint density at radius 1 is 1.29 bits per heavy atom. The van der Waals surface area contributed by atoms with Crippen molar-refractivity contribution in [2.45, 2.75) is 45.6 Å². The summed E-state index contributed by atoms with van der Waals surface area (Å²) in [6.45, 7) is 5.51. The molecule has 0 radical (unpaired) electrons. The topological polar surface area (TPSA) is 36.4 Å². The Kier molecular flexibility index (Phi) is 9.59. The lowest BCUT2D eigenvalue weighted by atomic mass is 10.0. The first-order valence-electron chi connectivity index (χ1n) is 6.42. The van der Waals surface area contributed by atoms with Gasteiger partial charge in [0.1, 0.15) is 0 Å². The molecule has 0 aromatic heterocycles. The van der Waals surface area contributed by atoms with Crippen LogP contribution in [0, 0.1) is 5.92 Å². The summed E-state index contributed by atoms with van der Waals surface area (Å²) < 4.78 is 0. The summed E-state index contributed by atoms with van der Waals surface area (Å²) in [5.74, 6) is 1.70. The normalized spacial score (nSPS) is 16.1. The Balaban J connectivity index is 0.00000256. The van der Waals surface area contributed by atoms with E-state index < -0.39 is 0 Å². The molecule has 1 aliphatic rings. The zero-order valence-electron chi connectivity index (χ0n) is 11.2. The van der Waals surface area contributed by atoms with E-state index >= 15 is 0 Å². The molecule has 17 heavy (non-hydrogen) atoms. The van der Waals surface area contributed by atoms with Gasteiger partial charge in [-0.3, -0.25) is 4.99 Å². The molecular formula is C13H26IN3. The summed E-state index contributed by atoms with van der Waals surface area (Å²) in [7, 11) is 1.84. The first-order chi connectivity index (χ1) is 7.80. The highest BCUT2D eigenvalue weighted by Crippen LogP contribution is 2.09. The van der Waals surface area contributed by atoms with Gasteiger partial charge in [-0.05, 0) is 18.8 Å². The zero-order valence-corrected chi connectivity index (χ0v) is 13.5. The molecule has 0 fully saturated rings. The molecule has 0 aliphatic heterocycles. The molecular weight excluding hydrogens is 325 g/mol. The monoisotopic (exact) mass is 351 g/mol. The van der Waals surface area contributed by atoms with Gasteiger partial charge in [0, 0.05) is 19.6 Å². The van der Waals surface area contributed by atoms with Crippen molar-refractivity contribution < 1.29 is 0 Å². The van der Waals surface area contributed by atoms with Gasteiger partial charge in [-0.1, -0.05) is 38.8 Å². The third-order valence-electron chi connectivity index (χ3n) is 3.29. The molecule has 0 bridgehead atoms. The SMILES string of the molecule is CCC(CC)CNC(=NC)NC1CC=CC1.I. The van der Waals surface area contributed by atoms with Gasteiger partial charge in [0.05, 0.1) is 0 Å². The highest BCUT2D eigenvalue weighted by Gasteiger charge is 2.12. The zero-order chi connectivity index (χ0) is 11.8. The summed E-state index contributed by atoms with van der Waals surface area (Å²) in [6, 6.07) is 0.535. The minimum absolute atomic E-state index is 0. The molecule has 0 saturated heterocycles. The summed E-state index contributed by atoms with van der Waals surface area (Å²) >= 11 is 0. The van der Waals surface area contributed by atoms with Crippen LogP contribution in [-0.4, -0.2) is 25.6 Å². The second-order valence-corrected chi connectivity index (χ2v) is 4.42. The van der Waals surface area contributed by atoms with Crippen LogP contribution in [0.2, 0.25) is 0 Å². The van der Waals surface area contributed by atoms with Crippen molar-refractivity contribution in [2.75, 3.05) is 13.6 Å². The van der Waals surface area contributed by atoms with Gasteiger partial charge in [0.25, 0.3) is 0 Å². The largest absolute Gasteiger partial charge is 0.356 e. The predicted octanol–water partition coefficient (Wildman–Crippen LogP) is 2.92. The first-order valence-corrected chi connectivity index (χ1v) is 6.42. The fourth-order valence-corrected chi connectivity index (χ4v) is 1.94. The molecule has 0 aromatic rings. The van der Waals surface area contributed by atoms with Crippen LogP contribution in [0.3, 0.4) is 0 Å². The van der Waals surface area contributed by atoms with E-state index in [1.165, 1.54) is 12.8 Å². The van der Waals surface area contributed by atoms with Crippen LogP contribution in [0.5, 0.6) is 0 Å². The maximum Gasteiger partial charge on any atom is 0.191 e. The van der Waals surface area contributed by atoms with Crippen molar-refractivity contribution in [1.82, 2.24) is 10.6 Å². The molecule has 3 nitrogen and oxygen atoms in total. The lowest BCUT2D eigenvalue weighted by Gasteiger charge is -2.19. The van der Waals surface area contributed by atoms with Crippen molar-refractivity contribution in [2.24, 2.45) is 10.9 Å². The predicted molar refractivity (Wildman–Crippen MR) is 86.1 cm³/mol. The molecule has 4 heteroatoms. The number of rotatable bonds is 5. The highest BCUT2D eigenvalue weighted by atomic mass is 127. The minimum Gasteiger partial charge on any atom is -0.356 e. The summed E-state index contributed by atoms with van der Waals surface area (Å²) in [5.41, 5.74) is 0. The van der Waals surface area contributed by atoms with E-state index in [1.54, 1.807) is 0 Å². The maximum absolute atomic E-state index is 4.26. The van der Waals surface area contributed by atoms with Crippen LogP contribution in [0.4, 0.5) is 0 Å². The van der Waals surface area contributed by atoms with Crippen LogP contribution < -0.4 is 10.6 Å². The molecule has 1 rings (SSSR count). The second kappa shape index (κ2) is 9.74. The van der Waals surface area contributed by atoms with E-state index in [1.807, 2.05) is 7.05 Å². The van der Waals surface area contributed by atoms with Gasteiger partial charge < -0.3 is 10.6 Å². The van der Waals surface area contributed by atoms with E-state index in [4.69, 9.17) is 0 Å². The smallest absolute Gasteiger partial charge is 0.191 e. The van der Waals surface area contributed by atoms with Crippen molar-refractivity contribution >= 4 is 29.9 Å². The molecule has 0 atom stereocenters. The third-order valence-corrected chi connectivity index (χ3v) is 3.29. The Morgan fingerprint density at radius 3 is 2.35 bits per heavy atom. The van der Waals surface area contributed by atoms with Crippen LogP contribution in [0.15, 0.2) is 17.1 Å². The molecule has 100 valence electrons. The molecule has 0 amide bonds. The van der Waals surface area contributed by atoms with Crippen molar-refractivity contribution in [1.29, 1.82) is 0 Å². The van der Waals surface area contributed by atoms with Gasteiger partial charge in [-0.15, -0.1) is 24.0 Å². The number of aliphatic imine (C=N–C) groups is 1. The van der Waals surface area contributed by atoms with Gasteiger partial charge in [-0.2, -0.15) is 0 Å². The standard InChI is InChI=1S/C13H25N3.HI/c1-4-11(5-2)10-15-13(14-3)16-12-8-6-7-9-12;/h6-7,11-12H,4-5,8-10H2,1-3H3,(H2,14,15,16);1H. The van der Waals surface area contributed by atoms with Crippen LogP contribution in [-0.2, 0) is 0 Å². The summed E-state index contributed by atoms with van der Waals surface area (Å²) in [5, 5.41) is 6.85. The van der Waals surface area contributed by atoms with Gasteiger partial charge in [0.2, 0.25) is 0 Å². The lowest BCUT2D eigenvalue weighted by Crippen LogP contribution is -2.44. The van der Waals surface area contributed by atoms with E-state index in [9.17, 15) is 0 Å². The summed E-state index contributed by atoms with van der Waals surface area (Å²) in [6.07, 6.45) is 9.14. The second-order valence-electron chi connectivity index (χ2n) is 4.42. The quantitative estimate of drug-likeness (QED) is 0.346. The molecule has 0 saturated carbocycles. The van der Waals surface area contributed by atoms with E-state index in [2.05, 4.69) is 41.6 Å². The Hall–Kier alpha value is -0.260. The highest BCUT2D eigenvalue weighted by molar-refractivity contribution is 14.0. The van der Waals surface area contributed by atoms with Crippen LogP contribution >= 0.6 is 24.0 Å². The van der Waals surface area contributed by atoms with Gasteiger partial charge >= 0.3 is 0 Å². The summed E-state index contributed by atoms with van der Waals surface area (Å²) in [4.78, 5) is 4.26. The third kappa shape index (κ3) is 6.29. The van der Waals surface area contributed by atoms with E-state index in [-0.39, 0.29) is 24.0 Å². The fourth-order valence-electron chi connectivity index (χ4n) is 1.94. The number of hydrogen-bond acceptors (Lipinski definition) is 1.